The van der Waals surface area contributed by atoms with Crippen LogP contribution in [0.3, 0.4) is 0 Å². The Hall–Kier alpha value is -1.85. The summed E-state index contributed by atoms with van der Waals surface area (Å²) in [6.45, 7) is 6.39. The Morgan fingerprint density at radius 1 is 1.34 bits per heavy atom. The van der Waals surface area contributed by atoms with Crippen molar-refractivity contribution in [3.05, 3.63) is 29.8 Å². The van der Waals surface area contributed by atoms with Crippen LogP contribution in [0.4, 0.5) is 13.6 Å². The summed E-state index contributed by atoms with van der Waals surface area (Å²) in [5, 5.41) is 6.39. The second kappa shape index (κ2) is 11.4. The van der Waals surface area contributed by atoms with Crippen LogP contribution in [-0.4, -0.2) is 61.8 Å². The SMILES string of the molecule is CN=C(NCc1cccc(OCC(F)F)c1)NC1CN(C(=O)OC(C)(C)C)C1.I. The maximum Gasteiger partial charge on any atom is 0.410 e. The highest BCUT2D eigenvalue weighted by atomic mass is 127. The van der Waals surface area contributed by atoms with Gasteiger partial charge in [0.25, 0.3) is 6.43 Å². The molecule has 0 spiro atoms. The van der Waals surface area contributed by atoms with Gasteiger partial charge in [0.15, 0.2) is 5.96 Å². The van der Waals surface area contributed by atoms with Gasteiger partial charge >= 0.3 is 6.09 Å². The van der Waals surface area contributed by atoms with Crippen molar-refractivity contribution in [1.82, 2.24) is 15.5 Å². The van der Waals surface area contributed by atoms with E-state index in [9.17, 15) is 13.6 Å². The molecule has 1 aromatic rings. The molecule has 2 N–H and O–H groups in total. The molecule has 2 rings (SSSR count). The predicted molar refractivity (Wildman–Crippen MR) is 118 cm³/mol. The number of hydrogen-bond acceptors (Lipinski definition) is 4. The number of likely N-dealkylation sites (tertiary alicyclic amines) is 1. The molecule has 0 unspecified atom stereocenters. The maximum absolute atomic E-state index is 12.2. The number of hydrogen-bond donors (Lipinski definition) is 2. The molecule has 0 saturated carbocycles. The lowest BCUT2D eigenvalue weighted by atomic mass is 10.1. The van der Waals surface area contributed by atoms with Crippen LogP contribution in [0, 0.1) is 0 Å². The average Bonchev–Trinajstić information content (AvgIpc) is 2.57. The minimum atomic E-state index is -2.51. The Bertz CT molecular complexity index is 692. The average molecular weight is 526 g/mol. The maximum atomic E-state index is 12.2. The summed E-state index contributed by atoms with van der Waals surface area (Å²) >= 11 is 0. The second-order valence-corrected chi connectivity index (χ2v) is 7.50. The minimum absolute atomic E-state index is 0. The Kier molecular flexibility index (Phi) is 9.87. The molecule has 10 heteroatoms. The Morgan fingerprint density at radius 3 is 2.62 bits per heavy atom. The lowest BCUT2D eigenvalue weighted by Gasteiger charge is -2.40. The van der Waals surface area contributed by atoms with Gasteiger partial charge in [-0.1, -0.05) is 12.1 Å². The lowest BCUT2D eigenvalue weighted by Crippen LogP contribution is -2.63. The summed E-state index contributed by atoms with van der Waals surface area (Å²) in [6.07, 6.45) is -2.83. The molecule has 1 aliphatic rings. The number of amides is 1. The van der Waals surface area contributed by atoms with Crippen LogP contribution in [0.15, 0.2) is 29.3 Å². The second-order valence-electron chi connectivity index (χ2n) is 7.50. The first-order valence-electron chi connectivity index (χ1n) is 9.11. The number of alkyl halides is 2. The molecule has 1 saturated heterocycles. The third-order valence-electron chi connectivity index (χ3n) is 3.83. The van der Waals surface area contributed by atoms with Gasteiger partial charge in [0, 0.05) is 26.7 Å². The van der Waals surface area contributed by atoms with Crippen LogP contribution in [0.1, 0.15) is 26.3 Å². The van der Waals surface area contributed by atoms with E-state index < -0.39 is 18.6 Å². The van der Waals surface area contributed by atoms with Crippen molar-refractivity contribution >= 4 is 36.0 Å². The van der Waals surface area contributed by atoms with Gasteiger partial charge in [0.05, 0.1) is 6.04 Å². The highest BCUT2D eigenvalue weighted by Gasteiger charge is 2.34. The molecule has 0 bridgehead atoms. The summed E-state index contributed by atoms with van der Waals surface area (Å²) in [5.41, 5.74) is 0.361. The molecule has 29 heavy (non-hydrogen) atoms. The number of halogens is 3. The molecule has 1 fully saturated rings. The van der Waals surface area contributed by atoms with E-state index in [-0.39, 0.29) is 36.1 Å². The van der Waals surface area contributed by atoms with Crippen molar-refractivity contribution in [2.24, 2.45) is 4.99 Å². The fourth-order valence-corrected chi connectivity index (χ4v) is 2.52. The van der Waals surface area contributed by atoms with Crippen LogP contribution >= 0.6 is 24.0 Å². The van der Waals surface area contributed by atoms with Crippen molar-refractivity contribution in [1.29, 1.82) is 0 Å². The lowest BCUT2D eigenvalue weighted by molar-refractivity contribution is 0.00700. The first-order chi connectivity index (χ1) is 13.2. The fraction of sp³-hybridized carbons (Fsp3) is 0.579. The smallest absolute Gasteiger partial charge is 0.410 e. The van der Waals surface area contributed by atoms with E-state index in [0.29, 0.717) is 31.3 Å². The number of rotatable bonds is 6. The van der Waals surface area contributed by atoms with E-state index in [0.717, 1.165) is 5.56 Å². The third-order valence-corrected chi connectivity index (χ3v) is 3.83. The van der Waals surface area contributed by atoms with E-state index in [4.69, 9.17) is 9.47 Å². The van der Waals surface area contributed by atoms with Gasteiger partial charge in [0.2, 0.25) is 0 Å². The normalized spacial score (nSPS) is 14.7. The van der Waals surface area contributed by atoms with Gasteiger partial charge in [-0.25, -0.2) is 13.6 Å². The molecular weight excluding hydrogens is 497 g/mol. The van der Waals surface area contributed by atoms with Crippen LogP contribution in [-0.2, 0) is 11.3 Å². The molecule has 1 amide bonds. The first kappa shape index (κ1) is 25.2. The molecular formula is C19H29F2IN4O3. The van der Waals surface area contributed by atoms with Crippen molar-refractivity contribution in [3.63, 3.8) is 0 Å². The summed E-state index contributed by atoms with van der Waals surface area (Å²) in [4.78, 5) is 17.7. The molecule has 0 radical (unpaired) electrons. The number of aliphatic imine (C=N–C) groups is 1. The number of benzene rings is 1. The highest BCUT2D eigenvalue weighted by Crippen LogP contribution is 2.16. The largest absolute Gasteiger partial charge is 0.488 e. The van der Waals surface area contributed by atoms with E-state index in [1.807, 2.05) is 26.8 Å². The Balaban J connectivity index is 0.00000420. The van der Waals surface area contributed by atoms with Gasteiger partial charge in [-0.3, -0.25) is 4.99 Å². The number of ether oxygens (including phenoxy) is 2. The zero-order chi connectivity index (χ0) is 20.7. The molecule has 0 aliphatic carbocycles. The number of guanidine groups is 1. The number of carbonyl (C=O) groups is 1. The molecule has 1 aliphatic heterocycles. The summed E-state index contributed by atoms with van der Waals surface area (Å²) in [7, 11) is 1.65. The number of nitrogens with one attached hydrogen (secondary N) is 2. The topological polar surface area (TPSA) is 75.2 Å². The third kappa shape index (κ3) is 9.01. The van der Waals surface area contributed by atoms with Crippen LogP contribution in [0.5, 0.6) is 5.75 Å². The molecule has 1 aromatic carbocycles. The molecule has 164 valence electrons. The van der Waals surface area contributed by atoms with Crippen LogP contribution in [0.25, 0.3) is 0 Å². The summed E-state index contributed by atoms with van der Waals surface area (Å²) in [5.74, 6) is 0.988. The van der Waals surface area contributed by atoms with E-state index in [1.54, 1.807) is 30.1 Å². The van der Waals surface area contributed by atoms with E-state index >= 15 is 0 Å². The van der Waals surface area contributed by atoms with Crippen molar-refractivity contribution in [2.45, 2.75) is 45.4 Å². The van der Waals surface area contributed by atoms with Gasteiger partial charge < -0.3 is 25.0 Å². The summed E-state index contributed by atoms with van der Waals surface area (Å²) in [6, 6.07) is 7.04. The van der Waals surface area contributed by atoms with E-state index in [1.165, 1.54) is 0 Å². The van der Waals surface area contributed by atoms with Gasteiger partial charge in [0.1, 0.15) is 18.0 Å². The zero-order valence-corrected chi connectivity index (χ0v) is 19.4. The predicted octanol–water partition coefficient (Wildman–Crippen LogP) is 3.23. The molecule has 0 aromatic heterocycles. The van der Waals surface area contributed by atoms with Gasteiger partial charge in [-0.2, -0.15) is 0 Å². The van der Waals surface area contributed by atoms with Crippen LogP contribution in [0.2, 0.25) is 0 Å². The monoisotopic (exact) mass is 526 g/mol. The summed E-state index contributed by atoms with van der Waals surface area (Å²) < 4.78 is 34.8. The Labute approximate surface area is 187 Å². The zero-order valence-electron chi connectivity index (χ0n) is 17.1. The standard InChI is InChI=1S/C19H28F2N4O3.HI/c1-19(2,3)28-18(26)25-10-14(11-25)24-17(22-4)23-9-13-6-5-7-15(8-13)27-12-16(20)21;/h5-8,14,16H,9-12H2,1-4H3,(H2,22,23,24);1H. The molecule has 1 heterocycles. The van der Waals surface area contributed by atoms with Gasteiger partial charge in [-0.15, -0.1) is 24.0 Å². The van der Waals surface area contributed by atoms with Crippen molar-refractivity contribution in [2.75, 3.05) is 26.7 Å². The van der Waals surface area contributed by atoms with Crippen molar-refractivity contribution in [3.8, 4) is 5.75 Å². The van der Waals surface area contributed by atoms with Crippen molar-refractivity contribution < 1.29 is 23.0 Å². The first-order valence-corrected chi connectivity index (χ1v) is 9.11. The number of carbonyl (C=O) groups excluding carboxylic acids is 1. The highest BCUT2D eigenvalue weighted by molar-refractivity contribution is 14.0. The quantitative estimate of drug-likeness (QED) is 0.339. The van der Waals surface area contributed by atoms with Crippen LogP contribution < -0.4 is 15.4 Å². The minimum Gasteiger partial charge on any atom is -0.488 e. The fourth-order valence-electron chi connectivity index (χ4n) is 2.52. The molecule has 0 atom stereocenters. The number of nitrogens with zero attached hydrogens (tertiary/aromatic N) is 2. The molecule has 7 nitrogen and oxygen atoms in total. The van der Waals surface area contributed by atoms with E-state index in [2.05, 4.69) is 15.6 Å². The Morgan fingerprint density at radius 2 is 2.03 bits per heavy atom. The van der Waals surface area contributed by atoms with Gasteiger partial charge in [-0.05, 0) is 38.5 Å².